The van der Waals surface area contributed by atoms with Gasteiger partial charge in [-0.3, -0.25) is 4.79 Å². The lowest BCUT2D eigenvalue weighted by atomic mass is 9.99. The summed E-state index contributed by atoms with van der Waals surface area (Å²) in [5.74, 6) is -0.852. The quantitative estimate of drug-likeness (QED) is 0.446. The van der Waals surface area contributed by atoms with Crippen molar-refractivity contribution in [2.45, 2.75) is 26.3 Å². The summed E-state index contributed by atoms with van der Waals surface area (Å²) in [6.07, 6.45) is 0.809. The van der Waals surface area contributed by atoms with Crippen LogP contribution >= 0.6 is 0 Å². The van der Waals surface area contributed by atoms with Gasteiger partial charge in [-0.1, -0.05) is 67.6 Å². The van der Waals surface area contributed by atoms with Gasteiger partial charge in [-0.2, -0.15) is 0 Å². The van der Waals surface area contributed by atoms with Gasteiger partial charge in [0, 0.05) is 17.0 Å². The number of nitrogens with zero attached hydrogens (tertiary/aromatic N) is 1. The van der Waals surface area contributed by atoms with Crippen molar-refractivity contribution in [3.05, 3.63) is 78.4 Å². The molecule has 0 aliphatic carbocycles. The number of hydrogen-bond acceptors (Lipinski definition) is 4. The highest BCUT2D eigenvalue weighted by Crippen LogP contribution is 2.30. The van der Waals surface area contributed by atoms with Gasteiger partial charge in [-0.25, -0.2) is 9.78 Å². The first-order valence-corrected chi connectivity index (χ1v) is 10.4. The Labute approximate surface area is 181 Å². The molecule has 1 aromatic heterocycles. The molecular formula is C26H24N2O3. The second kappa shape index (κ2) is 8.96. The first-order valence-electron chi connectivity index (χ1n) is 10.4. The molecule has 0 spiro atoms. The Bertz CT molecular complexity index is 1260. The first kappa shape index (κ1) is 20.5. The van der Waals surface area contributed by atoms with E-state index in [4.69, 9.17) is 9.72 Å². The standard InChI is InChI=1S/C26H24N2O3/c1-3-17(2)27-25(29)16-31-26(30)22-15-24(28-23-14-7-6-12-21(22)23)20-13-8-10-18-9-4-5-11-19(18)20/h4-15,17H,3,16H2,1-2H3,(H,27,29)/t17-/m0/s1. The monoisotopic (exact) mass is 412 g/mol. The average Bonchev–Trinajstić information content (AvgIpc) is 2.81. The van der Waals surface area contributed by atoms with Crippen LogP contribution in [0, 0.1) is 0 Å². The van der Waals surface area contributed by atoms with Crippen molar-refractivity contribution < 1.29 is 14.3 Å². The molecule has 3 aromatic carbocycles. The van der Waals surface area contributed by atoms with E-state index in [0.29, 0.717) is 22.2 Å². The number of carbonyl (C=O) groups is 2. The van der Waals surface area contributed by atoms with Crippen LogP contribution in [0.4, 0.5) is 0 Å². The van der Waals surface area contributed by atoms with Crippen LogP contribution in [0.1, 0.15) is 30.6 Å². The molecule has 0 unspecified atom stereocenters. The molecule has 1 N–H and O–H groups in total. The number of hydrogen-bond donors (Lipinski definition) is 1. The van der Waals surface area contributed by atoms with Crippen LogP contribution in [0.5, 0.6) is 0 Å². The normalized spacial score (nSPS) is 11.9. The van der Waals surface area contributed by atoms with Gasteiger partial charge < -0.3 is 10.1 Å². The fourth-order valence-electron chi connectivity index (χ4n) is 3.56. The third-order valence-electron chi connectivity index (χ3n) is 5.36. The molecule has 0 fully saturated rings. The minimum atomic E-state index is -0.542. The van der Waals surface area contributed by atoms with Crippen molar-refractivity contribution in [3.63, 3.8) is 0 Å². The van der Waals surface area contributed by atoms with E-state index in [1.54, 1.807) is 6.07 Å². The number of carbonyl (C=O) groups excluding carboxylic acids is 2. The predicted molar refractivity (Wildman–Crippen MR) is 123 cm³/mol. The van der Waals surface area contributed by atoms with Gasteiger partial charge in [0.1, 0.15) is 0 Å². The molecule has 4 rings (SSSR count). The molecule has 5 heteroatoms. The largest absolute Gasteiger partial charge is 0.452 e. The maximum Gasteiger partial charge on any atom is 0.339 e. The van der Waals surface area contributed by atoms with E-state index in [-0.39, 0.29) is 18.6 Å². The SMILES string of the molecule is CC[C@H](C)NC(=O)COC(=O)c1cc(-c2cccc3ccccc23)nc2ccccc12. The molecule has 0 aliphatic rings. The lowest BCUT2D eigenvalue weighted by Crippen LogP contribution is -2.35. The van der Waals surface area contributed by atoms with Gasteiger partial charge in [-0.15, -0.1) is 0 Å². The summed E-state index contributed by atoms with van der Waals surface area (Å²) in [6.45, 7) is 3.57. The number of pyridine rings is 1. The molecule has 4 aromatic rings. The van der Waals surface area contributed by atoms with Crippen molar-refractivity contribution in [1.82, 2.24) is 10.3 Å². The zero-order valence-electron chi connectivity index (χ0n) is 17.6. The molecule has 156 valence electrons. The van der Waals surface area contributed by atoms with Crippen molar-refractivity contribution in [2.75, 3.05) is 6.61 Å². The summed E-state index contributed by atoms with van der Waals surface area (Å²) >= 11 is 0. The molecular weight excluding hydrogens is 388 g/mol. The third-order valence-corrected chi connectivity index (χ3v) is 5.36. The van der Waals surface area contributed by atoms with Gasteiger partial charge in [-0.05, 0) is 36.2 Å². The van der Waals surface area contributed by atoms with E-state index in [0.717, 1.165) is 22.8 Å². The topological polar surface area (TPSA) is 68.3 Å². The minimum absolute atomic E-state index is 0.0333. The van der Waals surface area contributed by atoms with Crippen LogP contribution in [0.15, 0.2) is 72.8 Å². The van der Waals surface area contributed by atoms with Gasteiger partial charge in [0.25, 0.3) is 5.91 Å². The van der Waals surface area contributed by atoms with Crippen LogP contribution in [0.2, 0.25) is 0 Å². The smallest absolute Gasteiger partial charge is 0.339 e. The Balaban J connectivity index is 1.72. The van der Waals surface area contributed by atoms with E-state index in [2.05, 4.69) is 5.32 Å². The molecule has 0 aliphatic heterocycles. The zero-order chi connectivity index (χ0) is 21.8. The van der Waals surface area contributed by atoms with E-state index in [1.165, 1.54) is 0 Å². The van der Waals surface area contributed by atoms with Gasteiger partial charge in [0.2, 0.25) is 0 Å². The highest BCUT2D eigenvalue weighted by molar-refractivity contribution is 6.06. The second-order valence-corrected chi connectivity index (χ2v) is 7.55. The van der Waals surface area contributed by atoms with Crippen LogP contribution in [0.25, 0.3) is 32.9 Å². The zero-order valence-corrected chi connectivity index (χ0v) is 17.6. The van der Waals surface area contributed by atoms with E-state index >= 15 is 0 Å². The molecule has 31 heavy (non-hydrogen) atoms. The Morgan fingerprint density at radius 3 is 2.48 bits per heavy atom. The second-order valence-electron chi connectivity index (χ2n) is 7.55. The van der Waals surface area contributed by atoms with Gasteiger partial charge >= 0.3 is 5.97 Å². The summed E-state index contributed by atoms with van der Waals surface area (Å²) < 4.78 is 5.34. The maximum absolute atomic E-state index is 12.9. The number of rotatable bonds is 6. The summed E-state index contributed by atoms with van der Waals surface area (Å²) in [4.78, 5) is 29.8. The molecule has 0 radical (unpaired) electrons. The molecule has 0 saturated carbocycles. The Kier molecular flexibility index (Phi) is 5.94. The Morgan fingerprint density at radius 2 is 1.68 bits per heavy atom. The highest BCUT2D eigenvalue weighted by Gasteiger charge is 2.17. The average molecular weight is 412 g/mol. The van der Waals surface area contributed by atoms with Crippen LogP contribution in [-0.2, 0) is 9.53 Å². The lowest BCUT2D eigenvalue weighted by Gasteiger charge is -2.13. The number of ether oxygens (including phenoxy) is 1. The first-order chi connectivity index (χ1) is 15.1. The Morgan fingerprint density at radius 1 is 0.968 bits per heavy atom. The molecule has 0 saturated heterocycles. The van der Waals surface area contributed by atoms with E-state index < -0.39 is 5.97 Å². The van der Waals surface area contributed by atoms with Crippen molar-refractivity contribution in [3.8, 4) is 11.3 Å². The number of esters is 1. The number of benzene rings is 3. The Hall–Kier alpha value is -3.73. The summed E-state index contributed by atoms with van der Waals surface area (Å²) in [6, 6.07) is 23.3. The third kappa shape index (κ3) is 4.40. The highest BCUT2D eigenvalue weighted by atomic mass is 16.5. The summed E-state index contributed by atoms with van der Waals surface area (Å²) in [7, 11) is 0. The molecule has 1 atom stereocenters. The molecule has 1 amide bonds. The van der Waals surface area contributed by atoms with E-state index in [9.17, 15) is 9.59 Å². The van der Waals surface area contributed by atoms with Gasteiger partial charge in [0.05, 0.1) is 16.8 Å². The maximum atomic E-state index is 12.9. The summed E-state index contributed by atoms with van der Waals surface area (Å²) in [5.41, 5.74) is 2.72. The molecule has 5 nitrogen and oxygen atoms in total. The van der Waals surface area contributed by atoms with Crippen molar-refractivity contribution >= 4 is 33.6 Å². The number of aromatic nitrogens is 1. The van der Waals surface area contributed by atoms with Crippen LogP contribution in [0.3, 0.4) is 0 Å². The number of nitrogens with one attached hydrogen (secondary N) is 1. The lowest BCUT2D eigenvalue weighted by molar-refractivity contribution is -0.124. The van der Waals surface area contributed by atoms with Crippen molar-refractivity contribution in [2.24, 2.45) is 0 Å². The molecule has 1 heterocycles. The van der Waals surface area contributed by atoms with Crippen LogP contribution < -0.4 is 5.32 Å². The fraction of sp³-hybridized carbons (Fsp3) is 0.192. The van der Waals surface area contributed by atoms with Crippen molar-refractivity contribution in [1.29, 1.82) is 0 Å². The molecule has 0 bridgehead atoms. The fourth-order valence-corrected chi connectivity index (χ4v) is 3.56. The van der Waals surface area contributed by atoms with E-state index in [1.807, 2.05) is 80.6 Å². The van der Waals surface area contributed by atoms with Crippen LogP contribution in [-0.4, -0.2) is 29.5 Å². The number of para-hydroxylation sites is 1. The minimum Gasteiger partial charge on any atom is -0.452 e. The number of fused-ring (bicyclic) bond motifs is 2. The summed E-state index contributed by atoms with van der Waals surface area (Å²) in [5, 5.41) is 5.65. The number of amides is 1. The van der Waals surface area contributed by atoms with Gasteiger partial charge in [0.15, 0.2) is 6.61 Å². The predicted octanol–water partition coefficient (Wildman–Crippen LogP) is 5.13.